The van der Waals surface area contributed by atoms with Crippen molar-refractivity contribution in [3.05, 3.63) is 48.0 Å². The van der Waals surface area contributed by atoms with Gasteiger partial charge in [0, 0.05) is 6.54 Å². The molecule has 18 heavy (non-hydrogen) atoms. The molecule has 1 spiro atoms. The maximum atomic E-state index is 12.5. The molecule has 1 aromatic carbocycles. The van der Waals surface area contributed by atoms with Gasteiger partial charge in [0.25, 0.3) is 5.91 Å². The Kier molecular flexibility index (Phi) is 2.26. The van der Waals surface area contributed by atoms with Crippen LogP contribution in [0.25, 0.3) is 0 Å². The van der Waals surface area contributed by atoms with Crippen LogP contribution in [0.4, 0.5) is 4.79 Å². The summed E-state index contributed by atoms with van der Waals surface area (Å²) in [5.41, 5.74) is 1.25. The van der Waals surface area contributed by atoms with E-state index in [9.17, 15) is 9.59 Å². The minimum atomic E-state index is -0.837. The summed E-state index contributed by atoms with van der Waals surface area (Å²) in [6.07, 6.45) is 3.03. The zero-order valence-corrected chi connectivity index (χ0v) is 9.98. The fourth-order valence-corrected chi connectivity index (χ4v) is 2.88. The van der Waals surface area contributed by atoms with Gasteiger partial charge in [-0.05, 0) is 24.0 Å². The van der Waals surface area contributed by atoms with Crippen molar-refractivity contribution in [3.8, 4) is 0 Å². The Balaban J connectivity index is 2.06. The fourth-order valence-electron chi connectivity index (χ4n) is 2.88. The van der Waals surface area contributed by atoms with Gasteiger partial charge in [-0.3, -0.25) is 9.69 Å². The Labute approximate surface area is 105 Å². The van der Waals surface area contributed by atoms with Crippen LogP contribution in [0.3, 0.4) is 0 Å². The quantitative estimate of drug-likeness (QED) is 0.632. The number of hydrogen-bond acceptors (Lipinski definition) is 2. The van der Waals surface area contributed by atoms with Gasteiger partial charge in [-0.25, -0.2) is 4.79 Å². The lowest BCUT2D eigenvalue weighted by molar-refractivity contribution is -0.131. The molecule has 1 aliphatic carbocycles. The van der Waals surface area contributed by atoms with Crippen molar-refractivity contribution in [1.29, 1.82) is 0 Å². The van der Waals surface area contributed by atoms with Crippen LogP contribution in [0.1, 0.15) is 17.5 Å². The molecule has 1 aromatic rings. The highest BCUT2D eigenvalue weighted by Gasteiger charge is 2.54. The molecule has 92 valence electrons. The Bertz CT molecular complexity index is 552. The molecule has 1 saturated heterocycles. The summed E-state index contributed by atoms with van der Waals surface area (Å²) in [6, 6.07) is 7.48. The van der Waals surface area contributed by atoms with E-state index in [1.807, 2.05) is 24.3 Å². The zero-order valence-electron chi connectivity index (χ0n) is 9.98. The van der Waals surface area contributed by atoms with Gasteiger partial charge in [0.05, 0.1) is 0 Å². The first-order valence-electron chi connectivity index (χ1n) is 6.02. The van der Waals surface area contributed by atoms with Gasteiger partial charge in [0.1, 0.15) is 5.54 Å². The van der Waals surface area contributed by atoms with Crippen LogP contribution in [-0.4, -0.2) is 23.4 Å². The third kappa shape index (κ3) is 1.26. The van der Waals surface area contributed by atoms with Crippen molar-refractivity contribution in [1.82, 2.24) is 10.2 Å². The zero-order chi connectivity index (χ0) is 12.8. The highest BCUT2D eigenvalue weighted by atomic mass is 16.2. The van der Waals surface area contributed by atoms with E-state index < -0.39 is 5.54 Å². The molecule has 4 nitrogen and oxygen atoms in total. The third-order valence-corrected chi connectivity index (χ3v) is 3.73. The molecule has 0 aromatic heterocycles. The topological polar surface area (TPSA) is 49.4 Å². The first-order valence-corrected chi connectivity index (χ1v) is 6.02. The second kappa shape index (κ2) is 3.70. The van der Waals surface area contributed by atoms with E-state index in [0.717, 1.165) is 17.5 Å². The maximum Gasteiger partial charge on any atom is 0.325 e. The number of hydrogen-bond donors (Lipinski definition) is 1. The number of amides is 3. The summed E-state index contributed by atoms with van der Waals surface area (Å²) < 4.78 is 0. The summed E-state index contributed by atoms with van der Waals surface area (Å²) in [7, 11) is 0. The number of imide groups is 1. The first kappa shape index (κ1) is 11.0. The smallest absolute Gasteiger partial charge is 0.319 e. The van der Waals surface area contributed by atoms with Crippen LogP contribution < -0.4 is 5.32 Å². The number of rotatable bonds is 2. The van der Waals surface area contributed by atoms with Gasteiger partial charge in [-0.1, -0.05) is 30.3 Å². The summed E-state index contributed by atoms with van der Waals surface area (Å²) in [4.78, 5) is 25.6. The summed E-state index contributed by atoms with van der Waals surface area (Å²) in [6.45, 7) is 3.84. The molecule has 1 unspecified atom stereocenters. The van der Waals surface area contributed by atoms with Crippen molar-refractivity contribution in [2.75, 3.05) is 6.54 Å². The predicted molar refractivity (Wildman–Crippen MR) is 66.9 cm³/mol. The van der Waals surface area contributed by atoms with E-state index in [-0.39, 0.29) is 18.5 Å². The molecular weight excluding hydrogens is 228 g/mol. The van der Waals surface area contributed by atoms with Crippen LogP contribution >= 0.6 is 0 Å². The lowest BCUT2D eigenvalue weighted by Gasteiger charge is -2.21. The average molecular weight is 242 g/mol. The lowest BCUT2D eigenvalue weighted by atomic mass is 9.92. The maximum absolute atomic E-state index is 12.5. The highest BCUT2D eigenvalue weighted by molar-refractivity contribution is 6.08. The van der Waals surface area contributed by atoms with E-state index in [0.29, 0.717) is 6.42 Å². The highest BCUT2D eigenvalue weighted by Crippen LogP contribution is 2.41. The summed E-state index contributed by atoms with van der Waals surface area (Å²) in [5, 5.41) is 2.86. The Morgan fingerprint density at radius 3 is 2.94 bits per heavy atom. The molecule has 2 aliphatic rings. The number of carbonyl (C=O) groups excluding carboxylic acids is 2. The minimum absolute atomic E-state index is 0.155. The monoisotopic (exact) mass is 242 g/mol. The molecule has 0 saturated carbocycles. The Morgan fingerprint density at radius 1 is 1.39 bits per heavy atom. The van der Waals surface area contributed by atoms with E-state index in [1.54, 1.807) is 6.08 Å². The minimum Gasteiger partial charge on any atom is -0.319 e. The van der Waals surface area contributed by atoms with Gasteiger partial charge in [0.2, 0.25) is 0 Å². The molecule has 1 fully saturated rings. The van der Waals surface area contributed by atoms with E-state index in [4.69, 9.17) is 0 Å². The molecule has 0 bridgehead atoms. The number of carbonyl (C=O) groups is 2. The van der Waals surface area contributed by atoms with Crippen LogP contribution in [0, 0.1) is 0 Å². The Hall–Kier alpha value is -2.10. The molecule has 0 radical (unpaired) electrons. The standard InChI is InChI=1S/C14H14N2O2/c1-2-9-16-12(17)14(15-13(16)18)8-7-10-5-3-4-6-11(10)14/h2-6H,1,7-9H2,(H,15,18). The molecule has 1 heterocycles. The van der Waals surface area contributed by atoms with Gasteiger partial charge in [-0.15, -0.1) is 6.58 Å². The van der Waals surface area contributed by atoms with Crippen LogP contribution in [-0.2, 0) is 16.8 Å². The second-order valence-corrected chi connectivity index (χ2v) is 4.70. The van der Waals surface area contributed by atoms with E-state index >= 15 is 0 Å². The van der Waals surface area contributed by atoms with Crippen LogP contribution in [0.2, 0.25) is 0 Å². The summed E-state index contributed by atoms with van der Waals surface area (Å²) in [5.74, 6) is -0.155. The van der Waals surface area contributed by atoms with Crippen molar-refractivity contribution >= 4 is 11.9 Å². The SMILES string of the molecule is C=CCN1C(=O)NC2(CCc3ccccc32)C1=O. The second-order valence-electron chi connectivity index (χ2n) is 4.70. The van der Waals surface area contributed by atoms with Crippen LogP contribution in [0.5, 0.6) is 0 Å². The lowest BCUT2D eigenvalue weighted by Crippen LogP contribution is -2.41. The van der Waals surface area contributed by atoms with Crippen molar-refractivity contribution in [2.24, 2.45) is 0 Å². The van der Waals surface area contributed by atoms with Gasteiger partial charge >= 0.3 is 6.03 Å². The van der Waals surface area contributed by atoms with E-state index in [1.165, 1.54) is 4.90 Å². The van der Waals surface area contributed by atoms with Gasteiger partial charge in [0.15, 0.2) is 0 Å². The average Bonchev–Trinajstić information content (AvgIpc) is 2.86. The fraction of sp³-hybridized carbons (Fsp3) is 0.286. The molecule has 3 amide bonds. The first-order chi connectivity index (χ1) is 8.69. The number of benzene rings is 1. The predicted octanol–water partition coefficient (Wildman–Crippen LogP) is 1.57. The number of aryl methyl sites for hydroxylation is 1. The number of nitrogens with one attached hydrogen (secondary N) is 1. The number of urea groups is 1. The van der Waals surface area contributed by atoms with Gasteiger partial charge in [-0.2, -0.15) is 0 Å². The van der Waals surface area contributed by atoms with E-state index in [2.05, 4.69) is 11.9 Å². The molecule has 4 heteroatoms. The molecule has 1 N–H and O–H groups in total. The van der Waals surface area contributed by atoms with Crippen molar-refractivity contribution in [3.63, 3.8) is 0 Å². The molecule has 3 rings (SSSR count). The Morgan fingerprint density at radius 2 is 2.17 bits per heavy atom. The summed E-state index contributed by atoms with van der Waals surface area (Å²) >= 11 is 0. The van der Waals surface area contributed by atoms with Crippen molar-refractivity contribution < 1.29 is 9.59 Å². The molecule has 1 aliphatic heterocycles. The van der Waals surface area contributed by atoms with Crippen molar-refractivity contribution in [2.45, 2.75) is 18.4 Å². The number of nitrogens with zero attached hydrogens (tertiary/aromatic N) is 1. The molecular formula is C14H14N2O2. The largest absolute Gasteiger partial charge is 0.325 e. The number of fused-ring (bicyclic) bond motifs is 2. The van der Waals surface area contributed by atoms with Gasteiger partial charge < -0.3 is 5.32 Å². The third-order valence-electron chi connectivity index (χ3n) is 3.73. The normalized spacial score (nSPS) is 25.4. The molecule has 1 atom stereocenters. The van der Waals surface area contributed by atoms with Crippen LogP contribution in [0.15, 0.2) is 36.9 Å².